The van der Waals surface area contributed by atoms with Gasteiger partial charge in [-0.05, 0) is 30.9 Å². The molecule has 1 aliphatic rings. The van der Waals surface area contributed by atoms with E-state index in [4.69, 9.17) is 0 Å². The highest BCUT2D eigenvalue weighted by Gasteiger charge is 2.23. The minimum absolute atomic E-state index is 0.628. The third-order valence-electron chi connectivity index (χ3n) is 5.26. The monoisotopic (exact) mass is 317 g/mol. The van der Waals surface area contributed by atoms with Crippen molar-refractivity contribution in [3.8, 4) is 0 Å². The first kappa shape index (κ1) is 13.4. The fourth-order valence-electron chi connectivity index (χ4n) is 4.32. The lowest BCUT2D eigenvalue weighted by atomic mass is 9.89. The quantitative estimate of drug-likeness (QED) is 0.367. The molecule has 23 heavy (non-hydrogen) atoms. The summed E-state index contributed by atoms with van der Waals surface area (Å²) in [6, 6.07) is 13.4. The third kappa shape index (κ3) is 1.67. The molecule has 1 nitrogen and oxygen atoms in total. The van der Waals surface area contributed by atoms with Crippen LogP contribution in [-0.2, 0) is 13.5 Å². The van der Waals surface area contributed by atoms with Crippen molar-refractivity contribution < 1.29 is 0 Å². The molecule has 114 valence electrons. The van der Waals surface area contributed by atoms with Crippen LogP contribution in [-0.4, -0.2) is 4.57 Å². The van der Waals surface area contributed by atoms with Crippen LogP contribution in [0, 0.1) is 5.92 Å². The van der Waals surface area contributed by atoms with Crippen molar-refractivity contribution >= 4 is 48.0 Å². The number of aryl methyl sites for hydroxylation is 1. The van der Waals surface area contributed by atoms with Gasteiger partial charge in [-0.2, -0.15) is 0 Å². The van der Waals surface area contributed by atoms with Gasteiger partial charge >= 0.3 is 0 Å². The lowest BCUT2D eigenvalue weighted by molar-refractivity contribution is 0.671. The molecule has 2 aromatic carbocycles. The zero-order chi connectivity index (χ0) is 15.7. The molecule has 2 heteroatoms. The van der Waals surface area contributed by atoms with Gasteiger partial charge in [0.05, 0.1) is 10.2 Å². The molecule has 0 radical (unpaired) electrons. The minimum Gasteiger partial charge on any atom is -0.346 e. The van der Waals surface area contributed by atoms with Gasteiger partial charge in [-0.15, -0.1) is 11.3 Å². The van der Waals surface area contributed by atoms with Gasteiger partial charge < -0.3 is 4.57 Å². The summed E-state index contributed by atoms with van der Waals surface area (Å²) in [6.45, 7) is 4.59. The van der Waals surface area contributed by atoms with E-state index in [0.29, 0.717) is 5.92 Å². The lowest BCUT2D eigenvalue weighted by Crippen LogP contribution is -2.08. The summed E-state index contributed by atoms with van der Waals surface area (Å²) in [7, 11) is 2.25. The Morgan fingerprint density at radius 1 is 1.04 bits per heavy atom. The number of fused-ring (bicyclic) bond motifs is 7. The molecule has 4 aromatic rings. The largest absolute Gasteiger partial charge is 0.346 e. The first-order valence-electron chi connectivity index (χ1n) is 8.25. The van der Waals surface area contributed by atoms with Crippen LogP contribution in [0.25, 0.3) is 36.6 Å². The van der Waals surface area contributed by atoms with Gasteiger partial charge in [0.1, 0.15) is 0 Å². The second-order valence-electron chi connectivity index (χ2n) is 6.85. The molecule has 1 unspecified atom stereocenters. The Labute approximate surface area is 139 Å². The molecule has 2 aromatic heterocycles. The van der Waals surface area contributed by atoms with Crippen molar-refractivity contribution in [2.45, 2.75) is 20.3 Å². The van der Waals surface area contributed by atoms with Crippen LogP contribution >= 0.6 is 11.3 Å². The van der Waals surface area contributed by atoms with Gasteiger partial charge in [0, 0.05) is 39.2 Å². The van der Waals surface area contributed by atoms with Crippen LogP contribution in [0.4, 0.5) is 0 Å². The maximum absolute atomic E-state index is 2.45. The van der Waals surface area contributed by atoms with Crippen LogP contribution in [0.5, 0.6) is 0 Å². The second kappa shape index (κ2) is 4.48. The van der Waals surface area contributed by atoms with Crippen molar-refractivity contribution in [1.29, 1.82) is 0 Å². The summed E-state index contributed by atoms with van der Waals surface area (Å²) in [6.07, 6.45) is 3.57. The predicted octanol–water partition coefficient (Wildman–Crippen LogP) is 6.14. The maximum atomic E-state index is 2.45. The van der Waals surface area contributed by atoms with Crippen LogP contribution in [0.3, 0.4) is 0 Å². The standard InChI is InChI=1S/C21H19NS/c1-12-10-13(2)19-16-9-8-15-14-6-4-5-7-18(14)23-21(15)20(16)22(3)17(19)11-12/h4-10,12H,11H2,1-3H3. The molecule has 5 rings (SSSR count). The fraction of sp³-hybridized carbons (Fsp3) is 0.238. The molecule has 1 aliphatic carbocycles. The first-order valence-corrected chi connectivity index (χ1v) is 9.07. The average Bonchev–Trinajstić information content (AvgIpc) is 3.03. The van der Waals surface area contributed by atoms with Crippen LogP contribution in [0.2, 0.25) is 0 Å². The second-order valence-corrected chi connectivity index (χ2v) is 7.90. The Hall–Kier alpha value is -2.06. The smallest absolute Gasteiger partial charge is 0.0667 e. The zero-order valence-corrected chi connectivity index (χ0v) is 14.5. The molecule has 1 atom stereocenters. The van der Waals surface area contributed by atoms with E-state index in [1.165, 1.54) is 47.9 Å². The third-order valence-corrected chi connectivity index (χ3v) is 6.46. The average molecular weight is 317 g/mol. The predicted molar refractivity (Wildman–Crippen MR) is 102 cm³/mol. The Bertz CT molecular complexity index is 1120. The lowest BCUT2D eigenvalue weighted by Gasteiger charge is -2.18. The van der Waals surface area contributed by atoms with Crippen molar-refractivity contribution in [2.24, 2.45) is 13.0 Å². The summed E-state index contributed by atoms with van der Waals surface area (Å²) >= 11 is 1.93. The summed E-state index contributed by atoms with van der Waals surface area (Å²) in [5.41, 5.74) is 5.82. The molecule has 0 bridgehead atoms. The highest BCUT2D eigenvalue weighted by Crippen LogP contribution is 2.43. The van der Waals surface area contributed by atoms with E-state index in [1.807, 2.05) is 11.3 Å². The zero-order valence-electron chi connectivity index (χ0n) is 13.7. The molecule has 0 saturated carbocycles. The number of nitrogens with zero attached hydrogens (tertiary/aromatic N) is 1. The molecule has 0 aliphatic heterocycles. The van der Waals surface area contributed by atoms with E-state index >= 15 is 0 Å². The van der Waals surface area contributed by atoms with Crippen LogP contribution in [0.1, 0.15) is 25.1 Å². The molecular formula is C21H19NS. The topological polar surface area (TPSA) is 4.93 Å². The fourth-order valence-corrected chi connectivity index (χ4v) is 5.61. The summed E-state index contributed by atoms with van der Waals surface area (Å²) in [5.74, 6) is 0.628. The van der Waals surface area contributed by atoms with Gasteiger partial charge in [0.2, 0.25) is 0 Å². The minimum atomic E-state index is 0.628. The highest BCUT2D eigenvalue weighted by molar-refractivity contribution is 7.26. The van der Waals surface area contributed by atoms with Crippen LogP contribution in [0.15, 0.2) is 42.5 Å². The van der Waals surface area contributed by atoms with Gasteiger partial charge in [0.15, 0.2) is 0 Å². The van der Waals surface area contributed by atoms with Gasteiger partial charge in [0.25, 0.3) is 0 Å². The number of aromatic nitrogens is 1. The molecule has 0 saturated heterocycles. The Morgan fingerprint density at radius 2 is 1.83 bits per heavy atom. The van der Waals surface area contributed by atoms with Gasteiger partial charge in [-0.3, -0.25) is 0 Å². The SMILES string of the molecule is CC1=CC(C)Cc2c1c1ccc3c4ccccc4sc3c1n2C. The Balaban J connectivity index is 2.00. The molecule has 0 fully saturated rings. The highest BCUT2D eigenvalue weighted by atomic mass is 32.1. The molecule has 0 spiro atoms. The van der Waals surface area contributed by atoms with E-state index in [1.54, 1.807) is 0 Å². The first-order chi connectivity index (χ1) is 11.1. The number of hydrogen-bond donors (Lipinski definition) is 0. The van der Waals surface area contributed by atoms with Crippen molar-refractivity contribution in [2.75, 3.05) is 0 Å². The summed E-state index contributed by atoms with van der Waals surface area (Å²) in [4.78, 5) is 0. The van der Waals surface area contributed by atoms with Crippen LogP contribution < -0.4 is 0 Å². The summed E-state index contributed by atoms with van der Waals surface area (Å²) in [5, 5.41) is 4.20. The molecular weight excluding hydrogens is 298 g/mol. The van der Waals surface area contributed by atoms with Crippen molar-refractivity contribution in [3.05, 3.63) is 53.7 Å². The molecule has 0 N–H and O–H groups in total. The number of thiophene rings is 1. The van der Waals surface area contributed by atoms with E-state index in [2.05, 4.69) is 67.9 Å². The number of allylic oxidation sites excluding steroid dienone is 2. The molecule has 2 heterocycles. The van der Waals surface area contributed by atoms with E-state index < -0.39 is 0 Å². The van der Waals surface area contributed by atoms with E-state index in [9.17, 15) is 0 Å². The summed E-state index contributed by atoms with van der Waals surface area (Å²) < 4.78 is 5.27. The maximum Gasteiger partial charge on any atom is 0.0667 e. The number of hydrogen-bond acceptors (Lipinski definition) is 1. The Kier molecular flexibility index (Phi) is 2.61. The molecule has 0 amide bonds. The normalized spacial score (nSPS) is 17.9. The van der Waals surface area contributed by atoms with E-state index in [-0.39, 0.29) is 0 Å². The van der Waals surface area contributed by atoms with E-state index in [0.717, 1.165) is 6.42 Å². The Morgan fingerprint density at radius 3 is 2.70 bits per heavy atom. The van der Waals surface area contributed by atoms with Crippen molar-refractivity contribution in [3.63, 3.8) is 0 Å². The van der Waals surface area contributed by atoms with Gasteiger partial charge in [-0.25, -0.2) is 0 Å². The van der Waals surface area contributed by atoms with Gasteiger partial charge in [-0.1, -0.05) is 43.3 Å². The number of rotatable bonds is 0. The van der Waals surface area contributed by atoms with Crippen molar-refractivity contribution in [1.82, 2.24) is 4.57 Å². The number of benzene rings is 2.